The van der Waals surface area contributed by atoms with Gasteiger partial charge in [-0.3, -0.25) is 75.4 Å². The molecule has 4 unspecified atom stereocenters. The van der Waals surface area contributed by atoms with E-state index >= 15 is 18.3 Å². The van der Waals surface area contributed by atoms with Crippen molar-refractivity contribution in [2.45, 2.75) is 222 Å². The van der Waals surface area contributed by atoms with Gasteiger partial charge < -0.3 is 52.1 Å². The van der Waals surface area contributed by atoms with E-state index in [9.17, 15) is 52.7 Å². The molecular weight excluding hydrogens is 1380 g/mol. The average Bonchev–Trinajstić information content (AvgIpc) is 0.742. The number of hydrogen-bond acceptors (Lipinski definition) is 38. The topological polar surface area (TPSA) is 468 Å². The SMILES string of the molecule is CCCCCCCC(=O)OCC(COP(=O)(OCOC(C)=O)OC1[C@H](OC(=O)CCC)[C@H](OP(=O)(OCOC(C)=O)OCOC(C)=O)C(OP(=O)(OCOC(C)=O)OCOC(C)=O)[C@H](OP(=O)(OCOC(C)=O)OCOC(C)=O)[C@H]1OC(=O)CCC)OC(=O)CCCCCCC. The highest BCUT2D eigenvalue weighted by Gasteiger charge is 2.64. The van der Waals surface area contributed by atoms with Crippen LogP contribution >= 0.6 is 31.3 Å². The molecule has 0 heterocycles. The highest BCUT2D eigenvalue weighted by atomic mass is 31.2. The summed E-state index contributed by atoms with van der Waals surface area (Å²) in [5.41, 5.74) is 0. The molecule has 38 nitrogen and oxygen atoms in total. The van der Waals surface area contributed by atoms with Gasteiger partial charge in [-0.2, -0.15) is 0 Å². The van der Waals surface area contributed by atoms with Gasteiger partial charge in [-0.15, -0.1) is 0 Å². The average molecular weight is 1470 g/mol. The number of carbonyl (C=O) groups excluding carboxylic acids is 11. The van der Waals surface area contributed by atoms with Crippen LogP contribution in [0.3, 0.4) is 0 Å². The minimum Gasteiger partial charge on any atom is -0.462 e. The molecule has 8 atom stereocenters. The number of phosphoric acid groups is 4. The number of ether oxygens (including phenoxy) is 11. The fourth-order valence-electron chi connectivity index (χ4n) is 7.44. The number of unbranched alkanes of at least 4 members (excludes halogenated alkanes) is 8. The van der Waals surface area contributed by atoms with Gasteiger partial charge >= 0.3 is 97.0 Å². The maximum absolute atomic E-state index is 15.8. The third-order valence-electron chi connectivity index (χ3n) is 11.8. The fraction of sp³-hybridized carbons (Fsp3) is 0.796. The Kier molecular flexibility index (Phi) is 44.6. The van der Waals surface area contributed by atoms with Crippen LogP contribution in [-0.4, -0.2) is 169 Å². The van der Waals surface area contributed by atoms with Gasteiger partial charge in [0, 0.05) is 74.1 Å². The number of carbonyl (C=O) groups is 11. The van der Waals surface area contributed by atoms with Crippen LogP contribution in [0.15, 0.2) is 0 Å². The lowest BCUT2D eigenvalue weighted by Gasteiger charge is -2.49. The smallest absolute Gasteiger partial charge is 0.462 e. The second-order valence-corrected chi connectivity index (χ2v) is 26.6. The Morgan fingerprint density at radius 3 is 0.823 bits per heavy atom. The van der Waals surface area contributed by atoms with Crippen molar-refractivity contribution in [1.29, 1.82) is 0 Å². The van der Waals surface area contributed by atoms with Gasteiger partial charge in [-0.25, -0.2) is 49.9 Å². The Labute approximate surface area is 555 Å². The molecule has 1 fully saturated rings. The monoisotopic (exact) mass is 1470 g/mol. The first-order chi connectivity index (χ1) is 45.3. The second-order valence-electron chi connectivity index (χ2n) is 20.1. The van der Waals surface area contributed by atoms with E-state index in [1.807, 2.05) is 13.8 Å². The summed E-state index contributed by atoms with van der Waals surface area (Å²) in [4.78, 5) is 140. The Morgan fingerprint density at radius 2 is 0.542 bits per heavy atom. The summed E-state index contributed by atoms with van der Waals surface area (Å²) in [5.74, 6) is -12.3. The summed E-state index contributed by atoms with van der Waals surface area (Å²) >= 11 is 0. The van der Waals surface area contributed by atoms with Crippen LogP contribution in [0.25, 0.3) is 0 Å². The molecule has 1 saturated carbocycles. The van der Waals surface area contributed by atoms with Crippen molar-refractivity contribution in [3.63, 3.8) is 0 Å². The Morgan fingerprint density at radius 1 is 0.281 bits per heavy atom. The Hall–Kier alpha value is -5.39. The van der Waals surface area contributed by atoms with E-state index in [1.54, 1.807) is 0 Å². The lowest BCUT2D eigenvalue weighted by Crippen LogP contribution is -2.67. The largest absolute Gasteiger partial charge is 0.481 e. The minimum absolute atomic E-state index is 0.0932. The molecule has 0 saturated heterocycles. The second kappa shape index (κ2) is 48.4. The van der Waals surface area contributed by atoms with E-state index in [0.29, 0.717) is 25.7 Å². The molecule has 0 aromatic carbocycles. The molecule has 0 spiro atoms. The summed E-state index contributed by atoms with van der Waals surface area (Å²) in [6.45, 7) is 0.859. The molecule has 0 radical (unpaired) electrons. The van der Waals surface area contributed by atoms with Crippen LogP contribution in [-0.2, 0) is 177 Å². The molecule has 0 bridgehead atoms. The first-order valence-electron chi connectivity index (χ1n) is 30.2. The number of esters is 11. The molecule has 96 heavy (non-hydrogen) atoms. The molecule has 42 heteroatoms. The number of hydrogen-bond donors (Lipinski definition) is 0. The number of phosphoric ester groups is 4. The fourth-order valence-corrected chi connectivity index (χ4v) is 12.0. The molecule has 1 aliphatic rings. The lowest BCUT2D eigenvalue weighted by atomic mass is 9.84. The summed E-state index contributed by atoms with van der Waals surface area (Å²) in [6.07, 6.45) is -13.9. The van der Waals surface area contributed by atoms with Gasteiger partial charge in [0.1, 0.15) is 31.0 Å². The van der Waals surface area contributed by atoms with Crippen LogP contribution in [0.2, 0.25) is 0 Å². The first kappa shape index (κ1) is 88.6. The van der Waals surface area contributed by atoms with E-state index in [2.05, 4.69) is 0 Å². The van der Waals surface area contributed by atoms with Crippen molar-refractivity contribution >= 4 is 97.0 Å². The highest BCUT2D eigenvalue weighted by Crippen LogP contribution is 2.62. The normalized spacial score (nSPS) is 18.1. The molecule has 554 valence electrons. The van der Waals surface area contributed by atoms with Crippen molar-refractivity contribution in [3.05, 3.63) is 0 Å². The Balaban J connectivity index is 5.01. The Bertz CT molecular complexity index is 2490. The third kappa shape index (κ3) is 39.9. The summed E-state index contributed by atoms with van der Waals surface area (Å²) in [5, 5.41) is 0. The number of rotatable bonds is 53. The molecule has 0 aromatic rings. The van der Waals surface area contributed by atoms with Gasteiger partial charge in [0.15, 0.2) is 18.3 Å². The van der Waals surface area contributed by atoms with E-state index in [4.69, 9.17) is 106 Å². The first-order valence-corrected chi connectivity index (χ1v) is 36.1. The molecular formula is C54H90O38P4. The maximum atomic E-state index is 15.8. The molecule has 0 N–H and O–H groups in total. The molecule has 0 amide bonds. The van der Waals surface area contributed by atoms with E-state index in [-0.39, 0.29) is 25.7 Å². The van der Waals surface area contributed by atoms with Crippen molar-refractivity contribution in [1.82, 2.24) is 0 Å². The van der Waals surface area contributed by atoms with Gasteiger partial charge in [0.05, 0.1) is 6.61 Å². The molecule has 1 aliphatic carbocycles. The van der Waals surface area contributed by atoms with E-state index < -0.39 is 213 Å². The van der Waals surface area contributed by atoms with Gasteiger partial charge in [0.2, 0.25) is 47.6 Å². The predicted molar refractivity (Wildman–Crippen MR) is 317 cm³/mol. The maximum Gasteiger partial charge on any atom is 0.481 e. The summed E-state index contributed by atoms with van der Waals surface area (Å²) in [6, 6.07) is 0. The zero-order valence-corrected chi connectivity index (χ0v) is 59.1. The molecule has 0 aromatic heterocycles. The molecule has 0 aliphatic heterocycles. The van der Waals surface area contributed by atoms with Crippen LogP contribution in [0, 0.1) is 0 Å². The minimum atomic E-state index is -5.96. The molecule has 1 rings (SSSR count). The third-order valence-corrected chi connectivity index (χ3v) is 17.2. The standard InChI is InChI=1S/C54H90O38P4/c1-12-16-18-20-22-26-45(62)70-28-44(86-48(65)27-23-21-19-17-13-2)29-78-93(66,79-30-71-37(5)55)89-51-49(87-46(63)24-14-3)52(90-94(67,80-31-72-38(6)56)81-32-73-39(7)57)54(92-96(69,84-35-76-42(10)60)85-36-77-43(11)61)53(50(51)88-47(64)25-15-4)91-95(68,82-33-74-40(8)58)83-34-75-41(9)59/h44,49-54H,12-36H2,1-11H3/t44?,49-,50-,51?,52-,53+,54?,93?/m0/s1. The zero-order valence-electron chi connectivity index (χ0n) is 55.5. The van der Waals surface area contributed by atoms with E-state index in [1.165, 1.54) is 13.8 Å². The quantitative estimate of drug-likeness (QED) is 0.0181. The highest BCUT2D eigenvalue weighted by molar-refractivity contribution is 7.49. The van der Waals surface area contributed by atoms with Crippen molar-refractivity contribution in [2.24, 2.45) is 0 Å². The van der Waals surface area contributed by atoms with E-state index in [0.717, 1.165) is 87.0 Å². The van der Waals surface area contributed by atoms with Crippen LogP contribution in [0.1, 0.15) is 179 Å². The van der Waals surface area contributed by atoms with Crippen LogP contribution < -0.4 is 0 Å². The van der Waals surface area contributed by atoms with Crippen molar-refractivity contribution in [2.75, 3.05) is 60.8 Å². The lowest BCUT2D eigenvalue weighted by molar-refractivity contribution is -0.236. The van der Waals surface area contributed by atoms with Crippen LogP contribution in [0.4, 0.5) is 0 Å². The predicted octanol–water partition coefficient (Wildman–Crippen LogP) is 8.35. The van der Waals surface area contributed by atoms with Gasteiger partial charge in [0.25, 0.3) is 0 Å². The van der Waals surface area contributed by atoms with Gasteiger partial charge in [-0.1, -0.05) is 79.1 Å². The summed E-state index contributed by atoms with van der Waals surface area (Å²) in [7, 11) is -23.8. The van der Waals surface area contributed by atoms with Crippen molar-refractivity contribution in [3.8, 4) is 0 Å². The summed E-state index contributed by atoms with van der Waals surface area (Å²) < 4.78 is 185. The van der Waals surface area contributed by atoms with Crippen LogP contribution in [0.5, 0.6) is 0 Å². The van der Waals surface area contributed by atoms with Gasteiger partial charge in [-0.05, 0) is 25.7 Å². The zero-order chi connectivity index (χ0) is 72.3. The van der Waals surface area contributed by atoms with Crippen molar-refractivity contribution < 1.29 is 177 Å².